The third-order valence-corrected chi connectivity index (χ3v) is 0.791. The molecule has 0 saturated carbocycles. The van der Waals surface area contributed by atoms with Crippen LogP contribution in [0.3, 0.4) is 0 Å². The van der Waals surface area contributed by atoms with E-state index >= 15 is 0 Å². The van der Waals surface area contributed by atoms with Crippen molar-refractivity contribution in [2.45, 2.75) is 6.92 Å². The number of halogens is 1. The predicted molar refractivity (Wildman–Crippen MR) is 44.6 cm³/mol. The Hall–Kier alpha value is -0.960. The van der Waals surface area contributed by atoms with Gasteiger partial charge in [-0.3, -0.25) is 0 Å². The van der Waals surface area contributed by atoms with Crippen LogP contribution in [0.15, 0.2) is 29.2 Å². The average molecular weight is 160 g/mol. The molecule has 0 bridgehead atoms. The summed E-state index contributed by atoms with van der Waals surface area (Å²) in [5, 5.41) is 0.243. The van der Waals surface area contributed by atoms with Crippen LogP contribution in [0.5, 0.6) is 0 Å². The smallest absolute Gasteiger partial charge is 0.133 e. The minimum atomic E-state index is 0.169. The molecule has 0 aliphatic heterocycles. The molecule has 10 heavy (non-hydrogen) atoms. The molecule has 3 nitrogen and oxygen atoms in total. The molecule has 0 aromatic carbocycles. The molecule has 0 aromatic heterocycles. The van der Waals surface area contributed by atoms with Gasteiger partial charge in [-0.2, -0.15) is 0 Å². The Bertz CT molecular complexity index is 189. The fourth-order valence-electron chi connectivity index (χ4n) is 0.357. The van der Waals surface area contributed by atoms with Crippen LogP contribution in [-0.4, -0.2) is 5.17 Å². The van der Waals surface area contributed by atoms with Crippen molar-refractivity contribution in [2.75, 3.05) is 0 Å². The highest BCUT2D eigenvalue weighted by atomic mass is 35.5. The van der Waals surface area contributed by atoms with E-state index in [1.807, 2.05) is 0 Å². The lowest BCUT2D eigenvalue weighted by molar-refractivity contribution is 1.26. The molecule has 0 fully saturated rings. The highest BCUT2D eigenvalue weighted by Gasteiger charge is 1.87. The molecule has 56 valence electrons. The van der Waals surface area contributed by atoms with Crippen LogP contribution < -0.4 is 11.5 Å². The summed E-state index contributed by atoms with van der Waals surface area (Å²) >= 11 is 5.52. The first-order valence-electron chi connectivity index (χ1n) is 2.64. The lowest BCUT2D eigenvalue weighted by atomic mass is 10.5. The summed E-state index contributed by atoms with van der Waals surface area (Å²) in [7, 11) is 0. The van der Waals surface area contributed by atoms with Gasteiger partial charge in [-0.25, -0.2) is 4.99 Å². The quantitative estimate of drug-likeness (QED) is 0.589. The third-order valence-electron chi connectivity index (χ3n) is 0.597. The molecule has 0 saturated heterocycles. The molecule has 4 N–H and O–H groups in total. The molecule has 0 spiro atoms. The van der Waals surface area contributed by atoms with Crippen molar-refractivity contribution in [3.8, 4) is 0 Å². The lowest BCUT2D eigenvalue weighted by Gasteiger charge is -1.90. The van der Waals surface area contributed by atoms with E-state index in [1.165, 1.54) is 6.08 Å². The first-order valence-corrected chi connectivity index (χ1v) is 3.02. The maximum atomic E-state index is 5.52. The van der Waals surface area contributed by atoms with E-state index in [2.05, 4.69) is 11.6 Å². The molecule has 0 atom stereocenters. The van der Waals surface area contributed by atoms with Gasteiger partial charge in [0.25, 0.3) is 0 Å². The number of aliphatic imine (C=N–C) groups is 1. The molecule has 0 aromatic rings. The lowest BCUT2D eigenvalue weighted by Crippen LogP contribution is -1.97. The fraction of sp³-hybridized carbons (Fsp3) is 0.167. The Balaban J connectivity index is 4.22. The van der Waals surface area contributed by atoms with E-state index in [0.29, 0.717) is 5.70 Å². The summed E-state index contributed by atoms with van der Waals surface area (Å²) in [4.78, 5) is 3.63. The topological polar surface area (TPSA) is 64.4 Å². The Morgan fingerprint density at radius 1 is 1.60 bits per heavy atom. The fourth-order valence-corrected chi connectivity index (χ4v) is 0.638. The summed E-state index contributed by atoms with van der Waals surface area (Å²) in [6, 6.07) is 0. The van der Waals surface area contributed by atoms with Crippen molar-refractivity contribution < 1.29 is 0 Å². The second kappa shape index (κ2) is 3.95. The zero-order valence-corrected chi connectivity index (χ0v) is 6.52. The summed E-state index contributed by atoms with van der Waals surface area (Å²) in [5.41, 5.74) is 11.0. The molecule has 0 aliphatic carbocycles. The molecule has 0 amide bonds. The Morgan fingerprint density at radius 2 is 2.10 bits per heavy atom. The van der Waals surface area contributed by atoms with Gasteiger partial charge in [0, 0.05) is 5.70 Å². The van der Waals surface area contributed by atoms with Gasteiger partial charge in [-0.1, -0.05) is 18.2 Å². The van der Waals surface area contributed by atoms with Gasteiger partial charge in [0.2, 0.25) is 0 Å². The van der Waals surface area contributed by atoms with Gasteiger partial charge in [-0.05, 0) is 13.0 Å². The first kappa shape index (κ1) is 9.04. The van der Waals surface area contributed by atoms with Crippen LogP contribution in [-0.2, 0) is 0 Å². The number of hydrogen-bond donors (Lipinski definition) is 2. The SMILES string of the molecule is C=C(N)N=C(Cl)/C=C(/C)N. The third kappa shape index (κ3) is 5.18. The standard InChI is InChI=1S/C6H10ClN3/c1-4(8)3-6(7)10-5(2)9/h3H,2,8-9H2,1H3/b4-3-,10-6?. The minimum absolute atomic E-state index is 0.169. The van der Waals surface area contributed by atoms with Gasteiger partial charge in [0.05, 0.1) is 0 Å². The van der Waals surface area contributed by atoms with Crippen LogP contribution >= 0.6 is 11.6 Å². The van der Waals surface area contributed by atoms with E-state index in [9.17, 15) is 0 Å². The highest BCUT2D eigenvalue weighted by Crippen LogP contribution is 1.93. The van der Waals surface area contributed by atoms with Crippen LogP contribution in [0.4, 0.5) is 0 Å². The maximum Gasteiger partial charge on any atom is 0.133 e. The molecule has 0 radical (unpaired) electrons. The van der Waals surface area contributed by atoms with Crippen LogP contribution in [0, 0.1) is 0 Å². The molecular weight excluding hydrogens is 150 g/mol. The van der Waals surface area contributed by atoms with E-state index in [1.54, 1.807) is 6.92 Å². The van der Waals surface area contributed by atoms with E-state index in [0.717, 1.165) is 0 Å². The summed E-state index contributed by atoms with van der Waals surface area (Å²) in [6.45, 7) is 5.04. The largest absolute Gasteiger partial charge is 0.402 e. The molecule has 0 heterocycles. The second-order valence-corrected chi connectivity index (χ2v) is 2.20. The van der Waals surface area contributed by atoms with Gasteiger partial charge >= 0.3 is 0 Å². The molecular formula is C6H10ClN3. The monoisotopic (exact) mass is 159 g/mol. The Labute approximate surface area is 65.1 Å². The van der Waals surface area contributed by atoms with Crippen molar-refractivity contribution >= 4 is 16.8 Å². The van der Waals surface area contributed by atoms with Crippen molar-refractivity contribution in [3.05, 3.63) is 24.2 Å². The highest BCUT2D eigenvalue weighted by molar-refractivity contribution is 6.68. The van der Waals surface area contributed by atoms with Crippen LogP contribution in [0.25, 0.3) is 0 Å². The van der Waals surface area contributed by atoms with Crippen molar-refractivity contribution in [3.63, 3.8) is 0 Å². The van der Waals surface area contributed by atoms with Crippen molar-refractivity contribution in [2.24, 2.45) is 16.5 Å². The molecule has 0 unspecified atom stereocenters. The average Bonchev–Trinajstić information content (AvgIpc) is 1.58. The van der Waals surface area contributed by atoms with Gasteiger partial charge < -0.3 is 11.5 Å². The van der Waals surface area contributed by atoms with Crippen LogP contribution in [0.1, 0.15) is 6.92 Å². The van der Waals surface area contributed by atoms with Gasteiger partial charge in [0.15, 0.2) is 0 Å². The van der Waals surface area contributed by atoms with E-state index in [-0.39, 0.29) is 11.0 Å². The second-order valence-electron chi connectivity index (χ2n) is 1.81. The number of rotatable bonds is 2. The number of nitrogens with zero attached hydrogens (tertiary/aromatic N) is 1. The van der Waals surface area contributed by atoms with Gasteiger partial charge in [-0.15, -0.1) is 0 Å². The van der Waals surface area contributed by atoms with Crippen molar-refractivity contribution in [1.29, 1.82) is 0 Å². The number of hydrogen-bond acceptors (Lipinski definition) is 3. The zero-order chi connectivity index (χ0) is 8.15. The number of allylic oxidation sites excluding steroid dienone is 2. The number of nitrogens with two attached hydrogens (primary N) is 2. The van der Waals surface area contributed by atoms with E-state index in [4.69, 9.17) is 23.1 Å². The van der Waals surface area contributed by atoms with E-state index < -0.39 is 0 Å². The summed E-state index contributed by atoms with van der Waals surface area (Å²) < 4.78 is 0. The molecule has 0 aliphatic rings. The maximum absolute atomic E-state index is 5.52. The Morgan fingerprint density at radius 3 is 2.40 bits per heavy atom. The summed E-state index contributed by atoms with van der Waals surface area (Å²) in [5.74, 6) is 0.169. The van der Waals surface area contributed by atoms with Crippen LogP contribution in [0.2, 0.25) is 0 Å². The minimum Gasteiger partial charge on any atom is -0.402 e. The predicted octanol–water partition coefficient (Wildman–Crippen LogP) is 0.916. The van der Waals surface area contributed by atoms with Crippen molar-refractivity contribution in [1.82, 2.24) is 0 Å². The van der Waals surface area contributed by atoms with Gasteiger partial charge in [0.1, 0.15) is 11.0 Å². The zero-order valence-electron chi connectivity index (χ0n) is 5.76. The Kier molecular flexibility index (Phi) is 3.57. The molecule has 0 rings (SSSR count). The molecule has 4 heteroatoms. The normalized spacial score (nSPS) is 13.4. The first-order chi connectivity index (χ1) is 4.52. The summed E-state index contributed by atoms with van der Waals surface area (Å²) in [6.07, 6.45) is 1.50.